The minimum absolute atomic E-state index is 0.0170. The highest BCUT2D eigenvalue weighted by Gasteiger charge is 2.33. The van der Waals surface area contributed by atoms with E-state index in [2.05, 4.69) is 25.1 Å². The predicted octanol–water partition coefficient (Wildman–Crippen LogP) is 4.56. The molecule has 0 atom stereocenters. The quantitative estimate of drug-likeness (QED) is 0.418. The van der Waals surface area contributed by atoms with Crippen molar-refractivity contribution in [3.05, 3.63) is 59.1 Å². The largest absolute Gasteiger partial charge is 0.439 e. The van der Waals surface area contributed by atoms with Crippen molar-refractivity contribution in [3.8, 4) is 34.4 Å². The van der Waals surface area contributed by atoms with Crippen LogP contribution in [-0.4, -0.2) is 25.1 Å². The molecule has 5 N–H and O–H groups in total. The number of H-pyrrole nitrogens is 1. The molecule has 0 saturated carbocycles. The highest BCUT2D eigenvalue weighted by molar-refractivity contribution is 6.31. The summed E-state index contributed by atoms with van der Waals surface area (Å²) < 4.78 is 44.8. The van der Waals surface area contributed by atoms with Crippen molar-refractivity contribution in [2.75, 3.05) is 11.5 Å². The number of nitrogens with one attached hydrogen (secondary N) is 1. The molecule has 0 saturated heterocycles. The predicted molar refractivity (Wildman–Crippen MR) is 108 cm³/mol. The zero-order valence-corrected chi connectivity index (χ0v) is 16.2. The van der Waals surface area contributed by atoms with Crippen LogP contribution in [0.1, 0.15) is 5.56 Å². The Balaban J connectivity index is 1.56. The molecule has 31 heavy (non-hydrogen) atoms. The van der Waals surface area contributed by atoms with E-state index >= 15 is 0 Å². The number of nitrogens with two attached hydrogens (primary N) is 2. The molecule has 4 aromatic rings. The third-order valence-electron chi connectivity index (χ3n) is 4.11. The number of alkyl halides is 3. The lowest BCUT2D eigenvalue weighted by Gasteiger charge is -2.09. The summed E-state index contributed by atoms with van der Waals surface area (Å²) >= 11 is 5.66. The molecule has 2 heterocycles. The van der Waals surface area contributed by atoms with Gasteiger partial charge in [0.1, 0.15) is 11.6 Å². The Hall–Kier alpha value is -3.86. The third-order valence-corrected chi connectivity index (χ3v) is 4.43. The minimum Gasteiger partial charge on any atom is -0.439 e. The van der Waals surface area contributed by atoms with Crippen LogP contribution in [0.4, 0.5) is 24.9 Å². The van der Waals surface area contributed by atoms with Gasteiger partial charge in [-0.05, 0) is 42.5 Å². The molecule has 158 valence electrons. The number of rotatable bonds is 4. The van der Waals surface area contributed by atoms with Gasteiger partial charge in [0, 0.05) is 17.2 Å². The van der Waals surface area contributed by atoms with E-state index in [1.807, 2.05) is 0 Å². The molecule has 0 unspecified atom stereocenters. The maximum atomic E-state index is 13.1. The Bertz CT molecular complexity index is 1220. The number of nitrogen functional groups attached to an aromatic ring is 2. The summed E-state index contributed by atoms with van der Waals surface area (Å²) in [4.78, 5) is 11.9. The maximum Gasteiger partial charge on any atom is 0.417 e. The van der Waals surface area contributed by atoms with Crippen LogP contribution >= 0.6 is 11.6 Å². The lowest BCUT2D eigenvalue weighted by molar-refractivity contribution is -0.137. The van der Waals surface area contributed by atoms with Crippen LogP contribution < -0.4 is 16.2 Å². The molecule has 0 aliphatic carbocycles. The second kappa shape index (κ2) is 7.76. The molecule has 4 rings (SSSR count). The summed E-state index contributed by atoms with van der Waals surface area (Å²) in [5.74, 6) is 1.25. The van der Waals surface area contributed by atoms with Gasteiger partial charge in [0.25, 0.3) is 0 Å². The van der Waals surface area contributed by atoms with Crippen LogP contribution in [0.5, 0.6) is 11.6 Å². The van der Waals surface area contributed by atoms with E-state index in [-0.39, 0.29) is 29.0 Å². The average Bonchev–Trinajstić information content (AvgIpc) is 3.17. The molecule has 0 amide bonds. The number of aromatic nitrogens is 5. The van der Waals surface area contributed by atoms with Gasteiger partial charge >= 0.3 is 6.18 Å². The normalized spacial score (nSPS) is 11.5. The van der Waals surface area contributed by atoms with Gasteiger partial charge in [0.15, 0.2) is 11.6 Å². The number of benzene rings is 2. The Morgan fingerprint density at radius 1 is 0.903 bits per heavy atom. The number of anilines is 2. The second-order valence-corrected chi connectivity index (χ2v) is 6.72. The first-order valence-corrected chi connectivity index (χ1v) is 9.05. The van der Waals surface area contributed by atoms with Crippen LogP contribution in [0.15, 0.2) is 48.5 Å². The number of aromatic amines is 1. The van der Waals surface area contributed by atoms with Gasteiger partial charge in [-0.15, -0.1) is 0 Å². The van der Waals surface area contributed by atoms with E-state index in [0.717, 1.165) is 12.1 Å². The summed E-state index contributed by atoms with van der Waals surface area (Å²) in [5, 5.41) is 6.32. The van der Waals surface area contributed by atoms with Crippen LogP contribution in [0.3, 0.4) is 0 Å². The van der Waals surface area contributed by atoms with E-state index in [0.29, 0.717) is 17.1 Å². The Morgan fingerprint density at radius 3 is 2.29 bits per heavy atom. The number of halogens is 4. The molecule has 0 fully saturated rings. The summed E-state index contributed by atoms with van der Waals surface area (Å²) in [6.45, 7) is 0. The lowest BCUT2D eigenvalue weighted by Crippen LogP contribution is -2.06. The first kappa shape index (κ1) is 20.4. The average molecular weight is 448 g/mol. The molecule has 2 aromatic heterocycles. The van der Waals surface area contributed by atoms with Crippen molar-refractivity contribution in [2.45, 2.75) is 6.18 Å². The first-order valence-electron chi connectivity index (χ1n) is 8.67. The van der Waals surface area contributed by atoms with Gasteiger partial charge in [-0.1, -0.05) is 11.6 Å². The molecule has 8 nitrogen and oxygen atoms in total. The molecule has 0 aliphatic heterocycles. The van der Waals surface area contributed by atoms with Gasteiger partial charge in [-0.3, -0.25) is 5.10 Å². The maximum absolute atomic E-state index is 13.1. The fourth-order valence-corrected chi connectivity index (χ4v) is 2.94. The van der Waals surface area contributed by atoms with E-state index in [1.54, 1.807) is 24.3 Å². The number of hydrogen-bond donors (Lipinski definition) is 3. The molecular formula is C19H13ClF3N7O. The zero-order valence-electron chi connectivity index (χ0n) is 15.5. The molecule has 2 aromatic carbocycles. The van der Waals surface area contributed by atoms with E-state index in [9.17, 15) is 13.2 Å². The standard InChI is InChI=1S/C19H13ClF3N7O/c20-13-6-3-10(7-12(13)19(21,22)23)17-28-16(29-30-17)9-1-4-11(5-2-9)31-15-8-14(24)26-18(25)27-15/h1-8H,(H,28,29,30)(H4,24,25,26,27). The highest BCUT2D eigenvalue weighted by Crippen LogP contribution is 2.37. The van der Waals surface area contributed by atoms with E-state index < -0.39 is 16.8 Å². The van der Waals surface area contributed by atoms with Crippen molar-refractivity contribution >= 4 is 23.4 Å². The lowest BCUT2D eigenvalue weighted by atomic mass is 10.1. The van der Waals surface area contributed by atoms with Gasteiger partial charge in [0.05, 0.1) is 10.6 Å². The topological polar surface area (TPSA) is 129 Å². The minimum atomic E-state index is -4.58. The molecule has 12 heteroatoms. The van der Waals surface area contributed by atoms with Crippen LogP contribution in [-0.2, 0) is 6.18 Å². The van der Waals surface area contributed by atoms with Crippen molar-refractivity contribution < 1.29 is 17.9 Å². The van der Waals surface area contributed by atoms with E-state index in [1.165, 1.54) is 12.1 Å². The zero-order chi connectivity index (χ0) is 22.2. The Labute approximate surface area is 178 Å². The molecule has 0 spiro atoms. The fraction of sp³-hybridized carbons (Fsp3) is 0.0526. The Morgan fingerprint density at radius 2 is 1.61 bits per heavy atom. The highest BCUT2D eigenvalue weighted by atomic mass is 35.5. The molecule has 0 aliphatic rings. The summed E-state index contributed by atoms with van der Waals surface area (Å²) in [5.41, 5.74) is 11.0. The summed E-state index contributed by atoms with van der Waals surface area (Å²) in [6.07, 6.45) is -4.58. The van der Waals surface area contributed by atoms with E-state index in [4.69, 9.17) is 27.8 Å². The summed E-state index contributed by atoms with van der Waals surface area (Å²) in [7, 11) is 0. The van der Waals surface area contributed by atoms with Gasteiger partial charge in [0.2, 0.25) is 11.8 Å². The smallest absolute Gasteiger partial charge is 0.417 e. The van der Waals surface area contributed by atoms with Crippen molar-refractivity contribution in [3.63, 3.8) is 0 Å². The SMILES string of the molecule is Nc1cc(Oc2ccc(-c3nc(-c4ccc(Cl)c(C(F)(F)F)c4)n[nH]3)cc2)nc(N)n1. The van der Waals surface area contributed by atoms with Crippen molar-refractivity contribution in [2.24, 2.45) is 0 Å². The summed E-state index contributed by atoms with van der Waals surface area (Å²) in [6, 6.07) is 11.6. The number of ether oxygens (including phenoxy) is 1. The van der Waals surface area contributed by atoms with Crippen molar-refractivity contribution in [1.29, 1.82) is 0 Å². The fourth-order valence-electron chi connectivity index (χ4n) is 2.72. The van der Waals surface area contributed by atoms with Crippen LogP contribution in [0.25, 0.3) is 22.8 Å². The number of nitrogens with zero attached hydrogens (tertiary/aromatic N) is 4. The molecule has 0 bridgehead atoms. The molecule has 0 radical (unpaired) electrons. The number of hydrogen-bond acceptors (Lipinski definition) is 7. The monoisotopic (exact) mass is 447 g/mol. The van der Waals surface area contributed by atoms with Crippen LogP contribution in [0, 0.1) is 0 Å². The van der Waals surface area contributed by atoms with Gasteiger partial charge in [-0.2, -0.15) is 28.2 Å². The molecular weight excluding hydrogens is 435 g/mol. The van der Waals surface area contributed by atoms with Gasteiger partial charge in [-0.25, -0.2) is 4.98 Å². The second-order valence-electron chi connectivity index (χ2n) is 6.32. The first-order chi connectivity index (χ1) is 14.7. The van der Waals surface area contributed by atoms with Crippen molar-refractivity contribution in [1.82, 2.24) is 25.1 Å². The third kappa shape index (κ3) is 4.51. The van der Waals surface area contributed by atoms with Gasteiger partial charge < -0.3 is 16.2 Å². The Kier molecular flexibility index (Phi) is 5.11. The van der Waals surface area contributed by atoms with Crippen LogP contribution in [0.2, 0.25) is 5.02 Å².